The Balaban J connectivity index is 2.90. The Morgan fingerprint density at radius 2 is 2.50 bits per heavy atom. The number of hydrogen-bond acceptors (Lipinski definition) is 2. The van der Waals surface area contributed by atoms with Crippen molar-refractivity contribution in [3.63, 3.8) is 0 Å². The van der Waals surface area contributed by atoms with Crippen molar-refractivity contribution in [2.24, 2.45) is 5.10 Å². The van der Waals surface area contributed by atoms with Gasteiger partial charge >= 0.3 is 0 Å². The maximum absolute atomic E-state index is 3.83. The predicted octanol–water partition coefficient (Wildman–Crippen LogP) is 1.16. The van der Waals surface area contributed by atoms with Crippen LogP contribution in [0.5, 0.6) is 0 Å². The van der Waals surface area contributed by atoms with Crippen LogP contribution in [0.3, 0.4) is 0 Å². The Morgan fingerprint density at radius 3 is 3.00 bits per heavy atom. The van der Waals surface area contributed by atoms with Gasteiger partial charge in [-0.2, -0.15) is 5.10 Å². The van der Waals surface area contributed by atoms with Gasteiger partial charge in [-0.3, -0.25) is 0 Å². The molecule has 0 aromatic carbocycles. The molecule has 0 saturated heterocycles. The van der Waals surface area contributed by atoms with Crippen molar-refractivity contribution >= 4 is 6.21 Å². The van der Waals surface area contributed by atoms with Crippen LogP contribution in [0, 0.1) is 0 Å². The average molecular weight is 112 g/mol. The molecule has 46 valence electrons. The van der Waals surface area contributed by atoms with Gasteiger partial charge in [0.25, 0.3) is 0 Å². The van der Waals surface area contributed by atoms with E-state index < -0.39 is 0 Å². The summed E-state index contributed by atoms with van der Waals surface area (Å²) in [7, 11) is 0. The summed E-state index contributed by atoms with van der Waals surface area (Å²) in [5.74, 6) is 0. The number of nitrogens with one attached hydrogen (secondary N) is 1. The molecule has 0 aliphatic rings. The summed E-state index contributed by atoms with van der Waals surface area (Å²) >= 11 is 0. The van der Waals surface area contributed by atoms with E-state index >= 15 is 0 Å². The van der Waals surface area contributed by atoms with Crippen molar-refractivity contribution in [3.05, 3.63) is 12.7 Å². The van der Waals surface area contributed by atoms with E-state index in [1.54, 1.807) is 6.08 Å². The molecule has 0 aliphatic heterocycles. The van der Waals surface area contributed by atoms with Gasteiger partial charge in [0.15, 0.2) is 0 Å². The van der Waals surface area contributed by atoms with E-state index in [-0.39, 0.29) is 0 Å². The highest BCUT2D eigenvalue weighted by Gasteiger charge is 1.66. The summed E-state index contributed by atoms with van der Waals surface area (Å²) in [6.45, 7) is 6.31. The topological polar surface area (TPSA) is 24.4 Å². The molecular weight excluding hydrogens is 100 g/mol. The van der Waals surface area contributed by atoms with Gasteiger partial charge < -0.3 is 5.43 Å². The van der Waals surface area contributed by atoms with Crippen LogP contribution in [-0.4, -0.2) is 12.8 Å². The summed E-state index contributed by atoms with van der Waals surface area (Å²) < 4.78 is 0. The summed E-state index contributed by atoms with van der Waals surface area (Å²) in [6.07, 6.45) is 4.57. The minimum atomic E-state index is 0.747. The lowest BCUT2D eigenvalue weighted by molar-refractivity contribution is 0.828. The van der Waals surface area contributed by atoms with Gasteiger partial charge in [-0.05, 0) is 6.42 Å². The second-order valence-electron chi connectivity index (χ2n) is 1.37. The zero-order valence-electron chi connectivity index (χ0n) is 5.22. The Bertz CT molecular complexity index is 76.6. The van der Waals surface area contributed by atoms with Crippen LogP contribution in [0.4, 0.5) is 0 Å². The van der Waals surface area contributed by atoms with Crippen LogP contribution in [-0.2, 0) is 0 Å². The molecule has 0 saturated carbocycles. The van der Waals surface area contributed by atoms with E-state index in [9.17, 15) is 0 Å². The molecule has 1 N–H and O–H groups in total. The van der Waals surface area contributed by atoms with Gasteiger partial charge in [0.05, 0.1) is 6.54 Å². The number of hydrazone groups is 1. The highest BCUT2D eigenvalue weighted by Crippen LogP contribution is 1.65. The molecule has 0 fully saturated rings. The third-order valence-corrected chi connectivity index (χ3v) is 0.601. The van der Waals surface area contributed by atoms with Gasteiger partial charge in [0, 0.05) is 6.21 Å². The van der Waals surface area contributed by atoms with E-state index in [1.165, 1.54) is 0 Å². The average Bonchev–Trinajstić information content (AvgIpc) is 1.81. The van der Waals surface area contributed by atoms with Gasteiger partial charge in [-0.25, -0.2) is 0 Å². The Kier molecular flexibility index (Phi) is 5.60. The molecule has 0 aromatic rings. The third-order valence-electron chi connectivity index (χ3n) is 0.601. The molecular formula is C6H12N2. The van der Waals surface area contributed by atoms with Gasteiger partial charge in [0.1, 0.15) is 0 Å². The van der Waals surface area contributed by atoms with Crippen LogP contribution in [0.2, 0.25) is 0 Å². The fourth-order valence-electron chi connectivity index (χ4n) is 0.273. The van der Waals surface area contributed by atoms with Gasteiger partial charge in [0.2, 0.25) is 0 Å². The maximum atomic E-state index is 3.83. The molecule has 0 radical (unpaired) electrons. The monoisotopic (exact) mass is 112 g/mol. The van der Waals surface area contributed by atoms with E-state index in [0.29, 0.717) is 0 Å². The summed E-state index contributed by atoms with van der Waals surface area (Å²) in [4.78, 5) is 0. The first-order valence-corrected chi connectivity index (χ1v) is 2.77. The molecule has 0 bridgehead atoms. The van der Waals surface area contributed by atoms with Crippen LogP contribution < -0.4 is 5.43 Å². The van der Waals surface area contributed by atoms with Crippen molar-refractivity contribution in [1.82, 2.24) is 5.43 Å². The van der Waals surface area contributed by atoms with Crippen molar-refractivity contribution in [1.29, 1.82) is 0 Å². The second-order valence-corrected chi connectivity index (χ2v) is 1.37. The van der Waals surface area contributed by atoms with Crippen LogP contribution >= 0.6 is 0 Å². The van der Waals surface area contributed by atoms with Crippen molar-refractivity contribution in [2.75, 3.05) is 6.54 Å². The Labute approximate surface area is 50.3 Å². The van der Waals surface area contributed by atoms with Crippen LogP contribution in [0.1, 0.15) is 13.3 Å². The highest BCUT2D eigenvalue weighted by atomic mass is 15.3. The molecule has 0 atom stereocenters. The smallest absolute Gasteiger partial charge is 0.0507 e. The van der Waals surface area contributed by atoms with Gasteiger partial charge in [-0.15, -0.1) is 6.58 Å². The molecule has 8 heavy (non-hydrogen) atoms. The van der Waals surface area contributed by atoms with Crippen LogP contribution in [0.15, 0.2) is 17.8 Å². The number of hydrogen-bond donors (Lipinski definition) is 1. The second kappa shape index (κ2) is 6.21. The summed E-state index contributed by atoms with van der Waals surface area (Å²) in [5, 5.41) is 3.83. The quantitative estimate of drug-likeness (QED) is 0.251. The number of rotatable bonds is 4. The Hall–Kier alpha value is -0.790. The number of nitrogens with zero attached hydrogens (tertiary/aromatic N) is 1. The van der Waals surface area contributed by atoms with E-state index in [2.05, 4.69) is 17.1 Å². The first-order valence-electron chi connectivity index (χ1n) is 2.77. The lowest BCUT2D eigenvalue weighted by Gasteiger charge is -1.88. The molecule has 0 spiro atoms. The van der Waals surface area contributed by atoms with E-state index in [1.807, 2.05) is 13.1 Å². The van der Waals surface area contributed by atoms with Crippen molar-refractivity contribution < 1.29 is 0 Å². The lowest BCUT2D eigenvalue weighted by atomic mass is 10.6. The predicted molar refractivity (Wildman–Crippen MR) is 37.0 cm³/mol. The molecule has 0 amide bonds. The van der Waals surface area contributed by atoms with Crippen molar-refractivity contribution in [3.8, 4) is 0 Å². The molecule has 0 aliphatic carbocycles. The van der Waals surface area contributed by atoms with Crippen LogP contribution in [0.25, 0.3) is 0 Å². The molecule has 0 rings (SSSR count). The van der Waals surface area contributed by atoms with E-state index in [4.69, 9.17) is 0 Å². The molecule has 0 aromatic heterocycles. The minimum Gasteiger partial charge on any atom is -0.307 e. The minimum absolute atomic E-state index is 0.747. The molecule has 0 heterocycles. The normalized spacial score (nSPS) is 9.62. The van der Waals surface area contributed by atoms with Crippen molar-refractivity contribution in [2.45, 2.75) is 13.3 Å². The van der Waals surface area contributed by atoms with Gasteiger partial charge in [-0.1, -0.05) is 13.0 Å². The zero-order chi connectivity index (χ0) is 6.24. The highest BCUT2D eigenvalue weighted by molar-refractivity contribution is 5.55. The van der Waals surface area contributed by atoms with E-state index in [0.717, 1.165) is 13.0 Å². The lowest BCUT2D eigenvalue weighted by Crippen LogP contribution is -2.03. The third kappa shape index (κ3) is 5.21. The Morgan fingerprint density at radius 1 is 1.75 bits per heavy atom. The first kappa shape index (κ1) is 7.21. The zero-order valence-corrected chi connectivity index (χ0v) is 5.22. The standard InChI is InChI=1S/C6H12N2/c1-3-5-7-8-6-4-2/h3,6-7H,1,4-5H2,2H3/b8-6+. The summed E-state index contributed by atoms with van der Waals surface area (Å²) in [5.41, 5.74) is 2.79. The summed E-state index contributed by atoms with van der Waals surface area (Å²) in [6, 6.07) is 0. The fourth-order valence-corrected chi connectivity index (χ4v) is 0.273. The largest absolute Gasteiger partial charge is 0.307 e. The SMILES string of the molecule is C=CCN/N=C/CC. The molecule has 2 heteroatoms. The maximum Gasteiger partial charge on any atom is 0.0507 e. The molecule has 0 unspecified atom stereocenters. The first-order chi connectivity index (χ1) is 3.91. The fraction of sp³-hybridized carbons (Fsp3) is 0.500. The molecule has 2 nitrogen and oxygen atoms in total.